The van der Waals surface area contributed by atoms with Crippen molar-refractivity contribution in [2.75, 3.05) is 20.1 Å². The maximum Gasteiger partial charge on any atom is 0.223 e. The average Bonchev–Trinajstić information content (AvgIpc) is 2.73. The van der Waals surface area contributed by atoms with Gasteiger partial charge in [0.05, 0.1) is 6.20 Å². The SMILES string of the molecule is Cc1c(CCC(=O)N2C[C@@H](C)N(C)[C@@H](C)C2)cnn1C. The predicted octanol–water partition coefficient (Wildman–Crippen LogP) is 1.21. The second-order valence-electron chi connectivity index (χ2n) is 6.04. The number of aromatic nitrogens is 2. The highest BCUT2D eigenvalue weighted by molar-refractivity contribution is 5.76. The Hall–Kier alpha value is -1.36. The summed E-state index contributed by atoms with van der Waals surface area (Å²) in [5.74, 6) is 0.264. The topological polar surface area (TPSA) is 41.4 Å². The largest absolute Gasteiger partial charge is 0.340 e. The molecule has 0 bridgehead atoms. The maximum absolute atomic E-state index is 12.4. The van der Waals surface area contributed by atoms with Gasteiger partial charge in [0.25, 0.3) is 0 Å². The van der Waals surface area contributed by atoms with Crippen LogP contribution in [-0.4, -0.2) is 57.7 Å². The van der Waals surface area contributed by atoms with Crippen molar-refractivity contribution in [1.29, 1.82) is 0 Å². The molecule has 1 aromatic heterocycles. The molecule has 5 heteroatoms. The Morgan fingerprint density at radius 1 is 1.30 bits per heavy atom. The number of nitrogens with zero attached hydrogens (tertiary/aromatic N) is 4. The van der Waals surface area contributed by atoms with Crippen molar-refractivity contribution in [3.8, 4) is 0 Å². The van der Waals surface area contributed by atoms with Gasteiger partial charge in [-0.15, -0.1) is 0 Å². The summed E-state index contributed by atoms with van der Waals surface area (Å²) in [5, 5.41) is 4.23. The molecule has 2 heterocycles. The van der Waals surface area contributed by atoms with Crippen molar-refractivity contribution in [2.45, 2.75) is 45.7 Å². The van der Waals surface area contributed by atoms with E-state index in [0.29, 0.717) is 18.5 Å². The lowest BCUT2D eigenvalue weighted by molar-refractivity contribution is -0.135. The van der Waals surface area contributed by atoms with E-state index in [0.717, 1.165) is 25.2 Å². The van der Waals surface area contributed by atoms with Gasteiger partial charge in [0, 0.05) is 44.3 Å². The number of likely N-dealkylation sites (N-methyl/N-ethyl adjacent to an activating group) is 1. The number of carbonyl (C=O) groups excluding carboxylic acids is 1. The first-order valence-electron chi connectivity index (χ1n) is 7.37. The lowest BCUT2D eigenvalue weighted by Crippen LogP contribution is -2.56. The van der Waals surface area contributed by atoms with E-state index in [2.05, 4.69) is 30.9 Å². The van der Waals surface area contributed by atoms with Crippen LogP contribution in [0.2, 0.25) is 0 Å². The standard InChI is InChI=1S/C15H26N4O/c1-11-9-19(10-12(2)17(11)4)15(20)7-6-14-8-16-18(5)13(14)3/h8,11-12H,6-7,9-10H2,1-5H3/t11-,12+. The molecule has 0 N–H and O–H groups in total. The summed E-state index contributed by atoms with van der Waals surface area (Å²) < 4.78 is 1.86. The van der Waals surface area contributed by atoms with Gasteiger partial charge in [-0.2, -0.15) is 5.10 Å². The van der Waals surface area contributed by atoms with Crippen LogP contribution in [0, 0.1) is 6.92 Å². The van der Waals surface area contributed by atoms with E-state index in [-0.39, 0.29) is 5.91 Å². The van der Waals surface area contributed by atoms with E-state index in [1.807, 2.05) is 29.7 Å². The second-order valence-corrected chi connectivity index (χ2v) is 6.04. The van der Waals surface area contributed by atoms with Crippen molar-refractivity contribution in [2.24, 2.45) is 7.05 Å². The molecule has 1 saturated heterocycles. The van der Waals surface area contributed by atoms with Crippen LogP contribution < -0.4 is 0 Å². The molecule has 0 aromatic carbocycles. The Bertz CT molecular complexity index is 470. The maximum atomic E-state index is 12.4. The van der Waals surface area contributed by atoms with Crippen molar-refractivity contribution < 1.29 is 4.79 Å². The third-order valence-corrected chi connectivity index (χ3v) is 4.66. The van der Waals surface area contributed by atoms with Gasteiger partial charge in [0.2, 0.25) is 5.91 Å². The first-order chi connectivity index (χ1) is 9.40. The van der Waals surface area contributed by atoms with E-state index in [1.165, 1.54) is 5.56 Å². The number of amides is 1. The summed E-state index contributed by atoms with van der Waals surface area (Å²) in [6.45, 7) is 8.09. The molecule has 0 spiro atoms. The molecule has 2 atom stereocenters. The number of carbonyl (C=O) groups is 1. The molecule has 0 unspecified atom stereocenters. The summed E-state index contributed by atoms with van der Waals surface area (Å²) in [6, 6.07) is 0.866. The van der Waals surface area contributed by atoms with E-state index in [4.69, 9.17) is 0 Å². The van der Waals surface area contributed by atoms with Gasteiger partial charge in [0.1, 0.15) is 0 Å². The molecule has 112 valence electrons. The zero-order chi connectivity index (χ0) is 14.9. The zero-order valence-corrected chi connectivity index (χ0v) is 13.3. The monoisotopic (exact) mass is 278 g/mol. The van der Waals surface area contributed by atoms with Crippen LogP contribution in [0.25, 0.3) is 0 Å². The molecular weight excluding hydrogens is 252 g/mol. The summed E-state index contributed by atoms with van der Waals surface area (Å²) in [7, 11) is 4.07. The number of rotatable bonds is 3. The highest BCUT2D eigenvalue weighted by Gasteiger charge is 2.28. The normalized spacial score (nSPS) is 24.1. The minimum atomic E-state index is 0.264. The summed E-state index contributed by atoms with van der Waals surface area (Å²) in [4.78, 5) is 16.7. The molecular formula is C15H26N4O. The van der Waals surface area contributed by atoms with Gasteiger partial charge in [-0.1, -0.05) is 0 Å². The second kappa shape index (κ2) is 5.95. The molecule has 1 aliphatic rings. The van der Waals surface area contributed by atoms with Gasteiger partial charge in [-0.3, -0.25) is 14.4 Å². The molecule has 0 aliphatic carbocycles. The molecule has 20 heavy (non-hydrogen) atoms. The number of aryl methyl sites for hydroxylation is 2. The Kier molecular flexibility index (Phi) is 4.48. The quantitative estimate of drug-likeness (QED) is 0.834. The van der Waals surface area contributed by atoms with Crippen LogP contribution >= 0.6 is 0 Å². The van der Waals surface area contributed by atoms with Crippen LogP contribution in [0.15, 0.2) is 6.20 Å². The minimum absolute atomic E-state index is 0.264. The van der Waals surface area contributed by atoms with Crippen molar-refractivity contribution in [3.63, 3.8) is 0 Å². The van der Waals surface area contributed by atoms with Crippen LogP contribution in [0.5, 0.6) is 0 Å². The summed E-state index contributed by atoms with van der Waals surface area (Å²) >= 11 is 0. The molecule has 1 fully saturated rings. The van der Waals surface area contributed by atoms with E-state index in [1.54, 1.807) is 0 Å². The van der Waals surface area contributed by atoms with Crippen LogP contribution in [0.4, 0.5) is 0 Å². The van der Waals surface area contributed by atoms with E-state index in [9.17, 15) is 4.79 Å². The van der Waals surface area contributed by atoms with Crippen LogP contribution in [0.1, 0.15) is 31.5 Å². The Morgan fingerprint density at radius 2 is 1.90 bits per heavy atom. The zero-order valence-electron chi connectivity index (χ0n) is 13.3. The summed E-state index contributed by atoms with van der Waals surface area (Å²) in [6.07, 6.45) is 3.24. The Morgan fingerprint density at radius 3 is 2.40 bits per heavy atom. The smallest absolute Gasteiger partial charge is 0.223 e. The molecule has 1 aromatic rings. The number of hydrogen-bond acceptors (Lipinski definition) is 3. The van der Waals surface area contributed by atoms with Gasteiger partial charge in [0.15, 0.2) is 0 Å². The molecule has 1 amide bonds. The van der Waals surface area contributed by atoms with Crippen LogP contribution in [-0.2, 0) is 18.3 Å². The summed E-state index contributed by atoms with van der Waals surface area (Å²) in [5.41, 5.74) is 2.33. The molecule has 0 saturated carbocycles. The molecule has 5 nitrogen and oxygen atoms in total. The van der Waals surface area contributed by atoms with Gasteiger partial charge in [-0.05, 0) is 39.8 Å². The third-order valence-electron chi connectivity index (χ3n) is 4.66. The first-order valence-corrected chi connectivity index (χ1v) is 7.37. The number of piperazine rings is 1. The van der Waals surface area contributed by atoms with Gasteiger partial charge in [-0.25, -0.2) is 0 Å². The predicted molar refractivity (Wildman–Crippen MR) is 79.5 cm³/mol. The first kappa shape index (κ1) is 15.0. The van der Waals surface area contributed by atoms with E-state index < -0.39 is 0 Å². The molecule has 2 rings (SSSR count). The molecule has 1 aliphatic heterocycles. The highest BCUT2D eigenvalue weighted by Crippen LogP contribution is 2.15. The van der Waals surface area contributed by atoms with Crippen molar-refractivity contribution in [3.05, 3.63) is 17.5 Å². The number of hydrogen-bond donors (Lipinski definition) is 0. The van der Waals surface area contributed by atoms with E-state index >= 15 is 0 Å². The lowest BCUT2D eigenvalue weighted by Gasteiger charge is -2.42. The fourth-order valence-electron chi connectivity index (χ4n) is 2.80. The van der Waals surface area contributed by atoms with Crippen LogP contribution in [0.3, 0.4) is 0 Å². The minimum Gasteiger partial charge on any atom is -0.340 e. The average molecular weight is 278 g/mol. The molecule has 0 radical (unpaired) electrons. The van der Waals surface area contributed by atoms with Gasteiger partial charge < -0.3 is 4.90 Å². The highest BCUT2D eigenvalue weighted by atomic mass is 16.2. The Balaban J connectivity index is 1.91. The van der Waals surface area contributed by atoms with Crippen molar-refractivity contribution >= 4 is 5.91 Å². The van der Waals surface area contributed by atoms with Crippen molar-refractivity contribution in [1.82, 2.24) is 19.6 Å². The lowest BCUT2D eigenvalue weighted by atomic mass is 10.1. The Labute approximate surface area is 121 Å². The fraction of sp³-hybridized carbons (Fsp3) is 0.733. The van der Waals surface area contributed by atoms with Gasteiger partial charge >= 0.3 is 0 Å². The fourth-order valence-corrected chi connectivity index (χ4v) is 2.80. The third kappa shape index (κ3) is 3.03.